The predicted molar refractivity (Wildman–Crippen MR) is 88.3 cm³/mol. The lowest BCUT2D eigenvalue weighted by atomic mass is 10.3. The molecule has 1 N–H and O–H groups in total. The van der Waals surface area contributed by atoms with E-state index in [0.717, 1.165) is 11.4 Å². The number of fused-ring (bicyclic) bond motifs is 1. The maximum atomic E-state index is 11.0. The van der Waals surface area contributed by atoms with E-state index in [1.54, 1.807) is 30.9 Å². The molecule has 0 saturated carbocycles. The Labute approximate surface area is 140 Å². The van der Waals surface area contributed by atoms with Gasteiger partial charge in [0.2, 0.25) is 5.65 Å². The Balaban J connectivity index is 1.50. The zero-order valence-electron chi connectivity index (χ0n) is 12.9. The third-order valence-electron chi connectivity index (χ3n) is 3.58. The Kier molecular flexibility index (Phi) is 3.54. The van der Waals surface area contributed by atoms with E-state index < -0.39 is 4.92 Å². The minimum absolute atomic E-state index is 0.176. The number of rotatable bonds is 5. The van der Waals surface area contributed by atoms with Gasteiger partial charge in [0.15, 0.2) is 5.82 Å². The molecule has 4 aromatic heterocycles. The quantitative estimate of drug-likeness (QED) is 0.436. The van der Waals surface area contributed by atoms with Crippen molar-refractivity contribution in [2.24, 2.45) is 0 Å². The molecule has 0 radical (unpaired) electrons. The van der Waals surface area contributed by atoms with Gasteiger partial charge in [0.05, 0.1) is 0 Å². The van der Waals surface area contributed by atoms with Crippen molar-refractivity contribution in [1.82, 2.24) is 29.1 Å². The smallest absolute Gasteiger partial charge is 0.363 e. The van der Waals surface area contributed by atoms with Crippen LogP contribution in [0.5, 0.6) is 0 Å². The van der Waals surface area contributed by atoms with Gasteiger partial charge in [-0.05, 0) is 22.6 Å². The summed E-state index contributed by atoms with van der Waals surface area (Å²) >= 11 is 0. The van der Waals surface area contributed by atoms with Gasteiger partial charge in [-0.2, -0.15) is 0 Å². The van der Waals surface area contributed by atoms with E-state index in [2.05, 4.69) is 25.4 Å². The minimum atomic E-state index is -0.518. The molecule has 0 atom stereocenters. The number of imidazole rings is 2. The fourth-order valence-electron chi connectivity index (χ4n) is 2.34. The van der Waals surface area contributed by atoms with Crippen LogP contribution >= 0.6 is 0 Å². The molecule has 25 heavy (non-hydrogen) atoms. The van der Waals surface area contributed by atoms with Gasteiger partial charge in [0.25, 0.3) is 0 Å². The molecular weight excluding hydrogens is 324 g/mol. The average Bonchev–Trinajstić information content (AvgIpc) is 3.29. The number of nitro groups is 1. The Hall–Kier alpha value is -3.82. The summed E-state index contributed by atoms with van der Waals surface area (Å²) in [6.07, 6.45) is 8.12. The zero-order valence-corrected chi connectivity index (χ0v) is 12.9. The van der Waals surface area contributed by atoms with Crippen LogP contribution in [-0.2, 0) is 6.54 Å². The molecule has 0 amide bonds. The summed E-state index contributed by atoms with van der Waals surface area (Å²) in [5, 5.41) is 18.3. The van der Waals surface area contributed by atoms with Crippen molar-refractivity contribution < 1.29 is 4.92 Å². The summed E-state index contributed by atoms with van der Waals surface area (Å²) in [7, 11) is 0. The molecule has 4 rings (SSSR count). The summed E-state index contributed by atoms with van der Waals surface area (Å²) in [5.74, 6) is 1.10. The van der Waals surface area contributed by atoms with Crippen LogP contribution in [0.2, 0.25) is 0 Å². The molecule has 0 aromatic carbocycles. The molecular formula is C15H12N8O2. The second kappa shape index (κ2) is 6.00. The van der Waals surface area contributed by atoms with Gasteiger partial charge in [0.1, 0.15) is 18.3 Å². The number of pyridine rings is 1. The van der Waals surface area contributed by atoms with E-state index in [0.29, 0.717) is 18.0 Å². The summed E-state index contributed by atoms with van der Waals surface area (Å²) in [5.41, 5.74) is 1.37. The fourth-order valence-corrected chi connectivity index (χ4v) is 2.34. The van der Waals surface area contributed by atoms with Gasteiger partial charge < -0.3 is 15.4 Å². The van der Waals surface area contributed by atoms with E-state index in [1.165, 1.54) is 10.7 Å². The van der Waals surface area contributed by atoms with Crippen LogP contribution in [0.4, 0.5) is 11.6 Å². The highest BCUT2D eigenvalue weighted by Gasteiger charge is 2.15. The molecule has 0 aliphatic heterocycles. The van der Waals surface area contributed by atoms with Crippen LogP contribution < -0.4 is 5.32 Å². The Bertz CT molecular complexity index is 1020. The van der Waals surface area contributed by atoms with Crippen molar-refractivity contribution >= 4 is 17.3 Å². The van der Waals surface area contributed by atoms with Gasteiger partial charge in [-0.1, -0.05) is 15.7 Å². The summed E-state index contributed by atoms with van der Waals surface area (Å²) < 4.78 is 3.01. The predicted octanol–water partition coefficient (Wildman–Crippen LogP) is 1.83. The molecule has 0 spiro atoms. The van der Waals surface area contributed by atoms with Crippen LogP contribution in [0.15, 0.2) is 55.4 Å². The lowest BCUT2D eigenvalue weighted by Gasteiger charge is -2.06. The first kappa shape index (κ1) is 14.8. The standard InChI is InChI=1S/C15H12N8O2/c24-23(25)15-9-19-14-4-2-12(20-22(14)15)17-7-11-1-3-13(18-8-11)21-6-5-16-10-21/h1-6,8-10H,7H2,(H,17,20). The average molecular weight is 336 g/mol. The Morgan fingerprint density at radius 1 is 1.16 bits per heavy atom. The van der Waals surface area contributed by atoms with Gasteiger partial charge in [0, 0.05) is 31.2 Å². The number of anilines is 1. The van der Waals surface area contributed by atoms with Crippen LogP contribution in [0.25, 0.3) is 11.5 Å². The van der Waals surface area contributed by atoms with Crippen LogP contribution in [0.3, 0.4) is 0 Å². The largest absolute Gasteiger partial charge is 0.368 e. The zero-order chi connectivity index (χ0) is 17.2. The van der Waals surface area contributed by atoms with Crippen molar-refractivity contribution in [1.29, 1.82) is 0 Å². The fraction of sp³-hybridized carbons (Fsp3) is 0.0667. The number of hydrogen-bond acceptors (Lipinski definition) is 7. The molecule has 0 aliphatic rings. The third kappa shape index (κ3) is 2.87. The molecule has 4 aromatic rings. The van der Waals surface area contributed by atoms with Crippen molar-refractivity contribution in [2.45, 2.75) is 6.54 Å². The SMILES string of the molecule is O=[N+]([O-])c1cnc2ccc(NCc3ccc(-n4ccnc4)nc3)nn12. The molecule has 4 heterocycles. The van der Waals surface area contributed by atoms with E-state index >= 15 is 0 Å². The normalized spacial score (nSPS) is 10.9. The maximum absolute atomic E-state index is 11.0. The maximum Gasteiger partial charge on any atom is 0.368 e. The van der Waals surface area contributed by atoms with Gasteiger partial charge in [-0.25, -0.2) is 15.0 Å². The Morgan fingerprint density at radius 2 is 2.08 bits per heavy atom. The monoisotopic (exact) mass is 336 g/mol. The van der Waals surface area contributed by atoms with E-state index in [9.17, 15) is 10.1 Å². The van der Waals surface area contributed by atoms with Crippen LogP contribution in [0.1, 0.15) is 5.56 Å². The molecule has 10 nitrogen and oxygen atoms in total. The highest BCUT2D eigenvalue weighted by atomic mass is 16.6. The van der Waals surface area contributed by atoms with E-state index in [-0.39, 0.29) is 5.82 Å². The molecule has 0 bridgehead atoms. The van der Waals surface area contributed by atoms with Crippen molar-refractivity contribution in [3.05, 3.63) is 71.1 Å². The van der Waals surface area contributed by atoms with Crippen molar-refractivity contribution in [3.63, 3.8) is 0 Å². The number of nitrogens with zero attached hydrogens (tertiary/aromatic N) is 7. The van der Waals surface area contributed by atoms with Gasteiger partial charge in [-0.15, -0.1) is 0 Å². The van der Waals surface area contributed by atoms with Crippen LogP contribution in [-0.4, -0.2) is 34.1 Å². The lowest BCUT2D eigenvalue weighted by Crippen LogP contribution is -2.06. The van der Waals surface area contributed by atoms with Gasteiger partial charge in [-0.3, -0.25) is 4.57 Å². The highest BCUT2D eigenvalue weighted by molar-refractivity contribution is 5.48. The molecule has 0 fully saturated rings. The first-order chi connectivity index (χ1) is 12.2. The molecule has 0 unspecified atom stereocenters. The highest BCUT2D eigenvalue weighted by Crippen LogP contribution is 2.15. The van der Waals surface area contributed by atoms with E-state index in [1.807, 2.05) is 22.9 Å². The molecule has 0 saturated heterocycles. The summed E-state index contributed by atoms with van der Waals surface area (Å²) in [6, 6.07) is 7.21. The number of nitrogens with one attached hydrogen (secondary N) is 1. The molecule has 0 aliphatic carbocycles. The first-order valence-electron chi connectivity index (χ1n) is 7.37. The van der Waals surface area contributed by atoms with E-state index in [4.69, 9.17) is 0 Å². The summed E-state index contributed by atoms with van der Waals surface area (Å²) in [6.45, 7) is 0.484. The summed E-state index contributed by atoms with van der Waals surface area (Å²) in [4.78, 5) is 22.7. The minimum Gasteiger partial charge on any atom is -0.363 e. The third-order valence-corrected chi connectivity index (χ3v) is 3.58. The number of hydrogen-bond donors (Lipinski definition) is 1. The van der Waals surface area contributed by atoms with Crippen molar-refractivity contribution in [2.75, 3.05) is 5.32 Å². The first-order valence-corrected chi connectivity index (χ1v) is 7.37. The topological polar surface area (TPSA) is 116 Å². The second-order valence-electron chi connectivity index (χ2n) is 5.21. The lowest BCUT2D eigenvalue weighted by molar-refractivity contribution is -0.391. The van der Waals surface area contributed by atoms with Gasteiger partial charge >= 0.3 is 5.82 Å². The van der Waals surface area contributed by atoms with Crippen LogP contribution in [0, 0.1) is 10.1 Å². The second-order valence-corrected chi connectivity index (χ2v) is 5.21. The molecule has 124 valence electrons. The Morgan fingerprint density at radius 3 is 2.80 bits per heavy atom. The molecule has 10 heteroatoms. The number of aromatic nitrogens is 6. The van der Waals surface area contributed by atoms with Crippen molar-refractivity contribution in [3.8, 4) is 5.82 Å².